The van der Waals surface area contributed by atoms with Crippen molar-refractivity contribution in [3.63, 3.8) is 0 Å². The van der Waals surface area contributed by atoms with E-state index in [4.69, 9.17) is 30.5 Å². The molecular formula is C20H24ClN3O5. The molecule has 0 saturated carbocycles. The third-order valence-corrected chi connectivity index (χ3v) is 4.58. The van der Waals surface area contributed by atoms with Crippen molar-refractivity contribution < 1.29 is 23.7 Å². The second kappa shape index (κ2) is 10.9. The van der Waals surface area contributed by atoms with Gasteiger partial charge in [0.15, 0.2) is 0 Å². The number of ether oxygens (including phenoxy) is 4. The van der Waals surface area contributed by atoms with Gasteiger partial charge in [-0.1, -0.05) is 11.6 Å². The Morgan fingerprint density at radius 3 is 2.86 bits per heavy atom. The van der Waals surface area contributed by atoms with Crippen LogP contribution in [0.1, 0.15) is 28.8 Å². The van der Waals surface area contributed by atoms with Crippen molar-refractivity contribution in [1.82, 2.24) is 15.3 Å². The fourth-order valence-corrected chi connectivity index (χ4v) is 2.95. The molecule has 3 rings (SSSR count). The molecule has 1 fully saturated rings. The van der Waals surface area contributed by atoms with E-state index in [0.717, 1.165) is 18.4 Å². The van der Waals surface area contributed by atoms with Crippen molar-refractivity contribution >= 4 is 17.5 Å². The molecule has 0 aromatic carbocycles. The number of hydrogen-bond acceptors (Lipinski definition) is 7. The fourth-order valence-electron chi connectivity index (χ4n) is 2.74. The molecule has 3 heterocycles. The van der Waals surface area contributed by atoms with Crippen molar-refractivity contribution in [1.29, 1.82) is 0 Å². The Labute approximate surface area is 174 Å². The Bertz CT molecular complexity index is 814. The smallest absolute Gasteiger partial charge is 0.253 e. The minimum atomic E-state index is -0.282. The van der Waals surface area contributed by atoms with E-state index in [1.54, 1.807) is 31.5 Å². The van der Waals surface area contributed by atoms with E-state index in [1.807, 2.05) is 0 Å². The van der Waals surface area contributed by atoms with Crippen LogP contribution < -0.4 is 14.8 Å². The highest BCUT2D eigenvalue weighted by atomic mass is 35.5. The zero-order chi connectivity index (χ0) is 20.5. The molecule has 8 nitrogen and oxygen atoms in total. The zero-order valence-electron chi connectivity index (χ0n) is 16.2. The summed E-state index contributed by atoms with van der Waals surface area (Å²) in [6.45, 7) is 2.53. The van der Waals surface area contributed by atoms with Gasteiger partial charge in [0.25, 0.3) is 5.91 Å². The highest BCUT2D eigenvalue weighted by Gasteiger charge is 2.18. The number of halogens is 1. The van der Waals surface area contributed by atoms with Crippen molar-refractivity contribution in [2.75, 3.05) is 33.5 Å². The van der Waals surface area contributed by atoms with Gasteiger partial charge in [0.2, 0.25) is 11.8 Å². The van der Waals surface area contributed by atoms with Crippen LogP contribution in [0.4, 0.5) is 0 Å². The summed E-state index contributed by atoms with van der Waals surface area (Å²) in [6.07, 6.45) is 4.71. The second-order valence-corrected chi connectivity index (χ2v) is 6.87. The van der Waals surface area contributed by atoms with Crippen LogP contribution in [0.15, 0.2) is 30.6 Å². The molecule has 2 aromatic rings. The molecule has 1 N–H and O–H groups in total. The van der Waals surface area contributed by atoms with Gasteiger partial charge >= 0.3 is 0 Å². The molecule has 0 aliphatic carbocycles. The highest BCUT2D eigenvalue weighted by molar-refractivity contribution is 6.32. The van der Waals surface area contributed by atoms with Crippen LogP contribution >= 0.6 is 11.6 Å². The Morgan fingerprint density at radius 1 is 1.28 bits per heavy atom. The number of nitrogens with one attached hydrogen (secondary N) is 1. The molecule has 0 bridgehead atoms. The standard InChI is InChI=1S/C20H24ClN3O5/c1-26-8-9-28-18-10-14(2-5-22-18)12-23-19(25)15-11-17(21)20(24-13-15)29-16-3-6-27-7-4-16/h2,5,10-11,13,16H,3-4,6-9,12H2,1H3,(H,23,25). The molecule has 1 saturated heterocycles. The Balaban J connectivity index is 1.54. The lowest BCUT2D eigenvalue weighted by Gasteiger charge is -2.23. The molecule has 0 unspecified atom stereocenters. The van der Waals surface area contributed by atoms with Gasteiger partial charge in [0.05, 0.1) is 25.4 Å². The first kappa shape index (κ1) is 21.3. The number of carbonyl (C=O) groups is 1. The molecule has 156 valence electrons. The van der Waals surface area contributed by atoms with Gasteiger partial charge in [-0.25, -0.2) is 9.97 Å². The van der Waals surface area contributed by atoms with Crippen molar-refractivity contribution in [2.45, 2.75) is 25.5 Å². The zero-order valence-corrected chi connectivity index (χ0v) is 17.0. The van der Waals surface area contributed by atoms with Crippen LogP contribution in [-0.4, -0.2) is 55.5 Å². The molecular weight excluding hydrogens is 398 g/mol. The van der Waals surface area contributed by atoms with E-state index in [9.17, 15) is 4.79 Å². The van der Waals surface area contributed by atoms with Gasteiger partial charge < -0.3 is 24.3 Å². The van der Waals surface area contributed by atoms with Crippen LogP contribution in [0.3, 0.4) is 0 Å². The third-order valence-electron chi connectivity index (χ3n) is 4.31. The van der Waals surface area contributed by atoms with E-state index >= 15 is 0 Å². The molecule has 0 atom stereocenters. The Morgan fingerprint density at radius 2 is 2.10 bits per heavy atom. The van der Waals surface area contributed by atoms with Crippen molar-refractivity contribution in [2.24, 2.45) is 0 Å². The van der Waals surface area contributed by atoms with E-state index in [-0.39, 0.29) is 12.0 Å². The number of carbonyl (C=O) groups excluding carboxylic acids is 1. The van der Waals surface area contributed by atoms with Gasteiger partial charge in [-0.3, -0.25) is 4.79 Å². The number of aromatic nitrogens is 2. The molecule has 29 heavy (non-hydrogen) atoms. The summed E-state index contributed by atoms with van der Waals surface area (Å²) in [7, 11) is 1.60. The summed E-state index contributed by atoms with van der Waals surface area (Å²) in [5.74, 6) is 0.533. The topological polar surface area (TPSA) is 91.8 Å². The van der Waals surface area contributed by atoms with Crippen LogP contribution in [-0.2, 0) is 16.0 Å². The summed E-state index contributed by atoms with van der Waals surface area (Å²) in [5.41, 5.74) is 1.22. The minimum absolute atomic E-state index is 0.0282. The SMILES string of the molecule is COCCOc1cc(CNC(=O)c2cnc(OC3CCOCC3)c(Cl)c2)ccn1. The van der Waals surface area contributed by atoms with E-state index in [2.05, 4.69) is 15.3 Å². The van der Waals surface area contributed by atoms with Crippen LogP contribution in [0.5, 0.6) is 11.8 Å². The maximum absolute atomic E-state index is 12.4. The van der Waals surface area contributed by atoms with Gasteiger partial charge in [0.1, 0.15) is 17.7 Å². The van der Waals surface area contributed by atoms with Gasteiger partial charge in [0, 0.05) is 45.0 Å². The number of nitrogens with zero attached hydrogens (tertiary/aromatic N) is 2. The summed E-state index contributed by atoms with van der Waals surface area (Å²) < 4.78 is 21.5. The van der Waals surface area contributed by atoms with E-state index in [1.165, 1.54) is 6.20 Å². The van der Waals surface area contributed by atoms with Gasteiger partial charge in [-0.2, -0.15) is 0 Å². The van der Waals surface area contributed by atoms with E-state index in [0.29, 0.717) is 55.3 Å². The first-order chi connectivity index (χ1) is 14.2. The number of hydrogen-bond donors (Lipinski definition) is 1. The molecule has 9 heteroatoms. The van der Waals surface area contributed by atoms with Gasteiger partial charge in [-0.05, 0) is 17.7 Å². The van der Waals surface area contributed by atoms with Crippen LogP contribution in [0, 0.1) is 0 Å². The first-order valence-electron chi connectivity index (χ1n) is 9.40. The monoisotopic (exact) mass is 421 g/mol. The van der Waals surface area contributed by atoms with Gasteiger partial charge in [-0.15, -0.1) is 0 Å². The summed E-state index contributed by atoms with van der Waals surface area (Å²) in [6, 6.07) is 5.13. The number of pyridine rings is 2. The maximum atomic E-state index is 12.4. The highest BCUT2D eigenvalue weighted by Crippen LogP contribution is 2.25. The predicted octanol–water partition coefficient (Wildman–Crippen LogP) is 2.64. The Kier molecular flexibility index (Phi) is 8.03. The largest absolute Gasteiger partial charge is 0.475 e. The predicted molar refractivity (Wildman–Crippen MR) is 106 cm³/mol. The average molecular weight is 422 g/mol. The Hall–Kier alpha value is -2.42. The lowest BCUT2D eigenvalue weighted by atomic mass is 10.1. The molecule has 1 aliphatic heterocycles. The summed E-state index contributed by atoms with van der Waals surface area (Å²) >= 11 is 6.26. The van der Waals surface area contributed by atoms with E-state index < -0.39 is 0 Å². The van der Waals surface area contributed by atoms with Crippen LogP contribution in [0.2, 0.25) is 5.02 Å². The molecule has 1 amide bonds. The molecule has 0 radical (unpaired) electrons. The first-order valence-corrected chi connectivity index (χ1v) is 9.78. The number of rotatable bonds is 9. The number of methoxy groups -OCH3 is 1. The molecule has 2 aromatic heterocycles. The average Bonchev–Trinajstić information content (AvgIpc) is 2.75. The lowest BCUT2D eigenvalue weighted by Crippen LogP contribution is -2.26. The third kappa shape index (κ3) is 6.56. The fraction of sp³-hybridized carbons (Fsp3) is 0.450. The molecule has 1 aliphatic rings. The molecule has 0 spiro atoms. The number of amides is 1. The second-order valence-electron chi connectivity index (χ2n) is 6.47. The van der Waals surface area contributed by atoms with Crippen LogP contribution in [0.25, 0.3) is 0 Å². The summed E-state index contributed by atoms with van der Waals surface area (Å²) in [4.78, 5) is 20.8. The summed E-state index contributed by atoms with van der Waals surface area (Å²) in [5, 5.41) is 3.14. The van der Waals surface area contributed by atoms with Crippen molar-refractivity contribution in [3.8, 4) is 11.8 Å². The quantitative estimate of drug-likeness (QED) is 0.622. The normalized spacial score (nSPS) is 14.4. The minimum Gasteiger partial charge on any atom is -0.475 e. The van der Waals surface area contributed by atoms with Crippen molar-refractivity contribution in [3.05, 3.63) is 46.7 Å². The maximum Gasteiger partial charge on any atom is 0.253 e. The lowest BCUT2D eigenvalue weighted by molar-refractivity contribution is 0.0238.